The molecule has 6 heteroatoms. The van der Waals surface area contributed by atoms with Crippen LogP contribution >= 0.6 is 0 Å². The highest BCUT2D eigenvalue weighted by molar-refractivity contribution is 5.82. The lowest BCUT2D eigenvalue weighted by atomic mass is 9.81. The molecule has 6 nitrogen and oxygen atoms in total. The van der Waals surface area contributed by atoms with Gasteiger partial charge in [-0.25, -0.2) is 4.79 Å². The number of alkyl carbamates (subject to hydrolysis) is 1. The number of nitrogens with one attached hydrogen (secondary N) is 1. The third-order valence-electron chi connectivity index (χ3n) is 3.31. The first kappa shape index (κ1) is 15.6. The summed E-state index contributed by atoms with van der Waals surface area (Å²) in [5.41, 5.74) is 5.13. The van der Waals surface area contributed by atoms with Gasteiger partial charge in [0.1, 0.15) is 11.4 Å². The van der Waals surface area contributed by atoms with E-state index in [9.17, 15) is 4.79 Å². The first-order valence-corrected chi connectivity index (χ1v) is 6.76. The van der Waals surface area contributed by atoms with Gasteiger partial charge in [-0.1, -0.05) is 5.16 Å². The Bertz CT molecular complexity index is 329. The molecule has 1 fully saturated rings. The van der Waals surface area contributed by atoms with Crippen molar-refractivity contribution in [2.45, 2.75) is 52.1 Å². The maximum atomic E-state index is 11.5. The molecule has 0 aromatic carbocycles. The lowest BCUT2D eigenvalue weighted by Gasteiger charge is -2.28. The molecule has 0 heterocycles. The van der Waals surface area contributed by atoms with Gasteiger partial charge in [0.15, 0.2) is 0 Å². The van der Waals surface area contributed by atoms with Gasteiger partial charge in [0.2, 0.25) is 0 Å². The van der Waals surface area contributed by atoms with E-state index in [0.29, 0.717) is 18.3 Å². The van der Waals surface area contributed by atoms with Gasteiger partial charge >= 0.3 is 6.09 Å². The molecule has 1 rings (SSSR count). The minimum Gasteiger partial charge on any atom is -0.444 e. The van der Waals surface area contributed by atoms with Crippen molar-refractivity contribution in [3.63, 3.8) is 0 Å². The van der Waals surface area contributed by atoms with E-state index in [1.807, 2.05) is 20.8 Å². The summed E-state index contributed by atoms with van der Waals surface area (Å²) >= 11 is 0. The highest BCUT2D eigenvalue weighted by atomic mass is 16.6. The molecule has 0 aliphatic heterocycles. The van der Waals surface area contributed by atoms with Crippen molar-refractivity contribution < 1.29 is 14.7 Å². The standard InChI is InChI=1S/C13H25N3O3/c1-13(2,3)19-12(17)15-8-9-4-6-10(7-5-9)11(14)16-18/h9-10,18H,4-8H2,1-3H3,(H2,14,16)(H,15,17)/t9-,10-. The van der Waals surface area contributed by atoms with Crippen molar-refractivity contribution in [2.75, 3.05) is 6.54 Å². The molecule has 0 bridgehead atoms. The number of amidine groups is 1. The van der Waals surface area contributed by atoms with Crippen LogP contribution in [0.2, 0.25) is 0 Å². The largest absolute Gasteiger partial charge is 0.444 e. The zero-order valence-electron chi connectivity index (χ0n) is 12.0. The Hall–Kier alpha value is -1.46. The van der Waals surface area contributed by atoms with Crippen LogP contribution in [0.5, 0.6) is 0 Å². The molecule has 1 amide bonds. The second-order valence-electron chi connectivity index (χ2n) is 6.13. The average Bonchev–Trinajstić information content (AvgIpc) is 2.34. The molecule has 0 spiro atoms. The zero-order chi connectivity index (χ0) is 14.5. The Balaban J connectivity index is 2.25. The molecular formula is C13H25N3O3. The fraction of sp³-hybridized carbons (Fsp3) is 0.846. The summed E-state index contributed by atoms with van der Waals surface area (Å²) in [5.74, 6) is 0.927. The first-order chi connectivity index (χ1) is 8.81. The Morgan fingerprint density at radius 3 is 2.42 bits per heavy atom. The number of rotatable bonds is 3. The second kappa shape index (κ2) is 6.63. The summed E-state index contributed by atoms with van der Waals surface area (Å²) in [4.78, 5) is 11.5. The van der Waals surface area contributed by atoms with E-state index in [1.54, 1.807) is 0 Å². The van der Waals surface area contributed by atoms with E-state index in [4.69, 9.17) is 15.7 Å². The Morgan fingerprint density at radius 1 is 1.37 bits per heavy atom. The monoisotopic (exact) mass is 271 g/mol. The van der Waals surface area contributed by atoms with Crippen LogP contribution in [0.25, 0.3) is 0 Å². The number of oxime groups is 1. The van der Waals surface area contributed by atoms with Gasteiger partial charge in [-0.05, 0) is 52.4 Å². The number of hydrogen-bond acceptors (Lipinski definition) is 4. The van der Waals surface area contributed by atoms with E-state index in [-0.39, 0.29) is 12.0 Å². The van der Waals surface area contributed by atoms with Crippen LogP contribution < -0.4 is 11.1 Å². The van der Waals surface area contributed by atoms with Crippen molar-refractivity contribution in [2.24, 2.45) is 22.7 Å². The van der Waals surface area contributed by atoms with Gasteiger partial charge in [-0.2, -0.15) is 0 Å². The molecule has 0 atom stereocenters. The van der Waals surface area contributed by atoms with Crippen LogP contribution in [0.3, 0.4) is 0 Å². The predicted molar refractivity (Wildman–Crippen MR) is 73.1 cm³/mol. The fourth-order valence-corrected chi connectivity index (χ4v) is 2.29. The number of amides is 1. The van der Waals surface area contributed by atoms with Crippen LogP contribution in [0.15, 0.2) is 5.16 Å². The molecule has 4 N–H and O–H groups in total. The predicted octanol–water partition coefficient (Wildman–Crippen LogP) is 2.06. The average molecular weight is 271 g/mol. The third-order valence-corrected chi connectivity index (χ3v) is 3.31. The van der Waals surface area contributed by atoms with E-state index in [1.165, 1.54) is 0 Å². The number of hydrogen-bond donors (Lipinski definition) is 3. The molecule has 110 valence electrons. The molecule has 0 radical (unpaired) electrons. The van der Waals surface area contributed by atoms with Crippen molar-refractivity contribution >= 4 is 11.9 Å². The lowest BCUT2D eigenvalue weighted by Crippen LogP contribution is -2.37. The van der Waals surface area contributed by atoms with Crippen molar-refractivity contribution in [1.82, 2.24) is 5.32 Å². The van der Waals surface area contributed by atoms with Crippen molar-refractivity contribution in [1.29, 1.82) is 0 Å². The van der Waals surface area contributed by atoms with Gasteiger partial charge < -0.3 is 21.0 Å². The smallest absolute Gasteiger partial charge is 0.407 e. The normalized spacial score (nSPS) is 24.9. The molecule has 0 aromatic heterocycles. The van der Waals surface area contributed by atoms with Gasteiger partial charge in [0, 0.05) is 12.5 Å². The van der Waals surface area contributed by atoms with E-state index >= 15 is 0 Å². The number of ether oxygens (including phenoxy) is 1. The van der Waals surface area contributed by atoms with Gasteiger partial charge in [-0.3, -0.25) is 0 Å². The van der Waals surface area contributed by atoms with E-state index in [0.717, 1.165) is 25.7 Å². The molecule has 0 saturated heterocycles. The van der Waals surface area contributed by atoms with Crippen LogP contribution in [-0.2, 0) is 4.74 Å². The molecule has 0 aromatic rings. The highest BCUT2D eigenvalue weighted by Gasteiger charge is 2.25. The van der Waals surface area contributed by atoms with Crippen LogP contribution in [0.4, 0.5) is 4.79 Å². The van der Waals surface area contributed by atoms with E-state index < -0.39 is 5.60 Å². The highest BCUT2D eigenvalue weighted by Crippen LogP contribution is 2.28. The second-order valence-corrected chi connectivity index (χ2v) is 6.13. The van der Waals surface area contributed by atoms with E-state index in [2.05, 4.69) is 10.5 Å². The van der Waals surface area contributed by atoms with Gasteiger partial charge in [0.25, 0.3) is 0 Å². The van der Waals surface area contributed by atoms with Gasteiger partial charge in [0.05, 0.1) is 0 Å². The topological polar surface area (TPSA) is 96.9 Å². The number of carbonyl (C=O) groups is 1. The van der Waals surface area contributed by atoms with Crippen LogP contribution in [0.1, 0.15) is 46.5 Å². The summed E-state index contributed by atoms with van der Waals surface area (Å²) in [6.07, 6.45) is 3.37. The Kier molecular flexibility index (Phi) is 5.44. The lowest BCUT2D eigenvalue weighted by molar-refractivity contribution is 0.0514. The summed E-state index contributed by atoms with van der Waals surface area (Å²) in [7, 11) is 0. The number of nitrogens with zero attached hydrogens (tertiary/aromatic N) is 1. The van der Waals surface area contributed by atoms with Crippen molar-refractivity contribution in [3.05, 3.63) is 0 Å². The van der Waals surface area contributed by atoms with Gasteiger partial charge in [-0.15, -0.1) is 0 Å². The summed E-state index contributed by atoms with van der Waals surface area (Å²) in [5, 5.41) is 14.5. The first-order valence-electron chi connectivity index (χ1n) is 6.76. The minimum absolute atomic E-state index is 0.169. The zero-order valence-corrected chi connectivity index (χ0v) is 12.0. The Morgan fingerprint density at radius 2 is 1.95 bits per heavy atom. The quantitative estimate of drug-likeness (QED) is 0.317. The molecule has 1 aliphatic carbocycles. The molecule has 19 heavy (non-hydrogen) atoms. The van der Waals surface area contributed by atoms with Crippen molar-refractivity contribution in [3.8, 4) is 0 Å². The Labute approximate surface area is 114 Å². The molecule has 0 unspecified atom stereocenters. The third kappa shape index (κ3) is 5.81. The molecular weight excluding hydrogens is 246 g/mol. The summed E-state index contributed by atoms with van der Waals surface area (Å²) in [6, 6.07) is 0. The molecule has 1 aliphatic rings. The number of carbonyl (C=O) groups excluding carboxylic acids is 1. The maximum Gasteiger partial charge on any atom is 0.407 e. The SMILES string of the molecule is CC(C)(C)OC(=O)NC[C@H]1CC[C@H](C(N)=NO)CC1. The van der Waals surface area contributed by atoms with Crippen LogP contribution in [-0.4, -0.2) is 29.3 Å². The molecule has 1 saturated carbocycles. The fourth-order valence-electron chi connectivity index (χ4n) is 2.29. The van der Waals surface area contributed by atoms with Crippen LogP contribution in [0, 0.1) is 11.8 Å². The summed E-state index contributed by atoms with van der Waals surface area (Å²) in [6.45, 7) is 6.15. The number of nitrogens with two attached hydrogens (primary N) is 1. The summed E-state index contributed by atoms with van der Waals surface area (Å²) < 4.78 is 5.18. The maximum absolute atomic E-state index is 11.5. The minimum atomic E-state index is -0.464.